The van der Waals surface area contributed by atoms with Gasteiger partial charge in [0.25, 0.3) is 11.8 Å². The smallest absolute Gasteiger partial charge is 0.258 e. The maximum absolute atomic E-state index is 13.8. The van der Waals surface area contributed by atoms with Gasteiger partial charge in [0, 0.05) is 35.3 Å². The largest absolute Gasteiger partial charge is 0.486 e. The summed E-state index contributed by atoms with van der Waals surface area (Å²) < 4.78 is 6.64. The summed E-state index contributed by atoms with van der Waals surface area (Å²) in [6.07, 6.45) is -1.75. The molecule has 1 heterocycles. The Morgan fingerprint density at radius 2 is 1.63 bits per heavy atom. The van der Waals surface area contributed by atoms with Crippen LogP contribution in [0.25, 0.3) is 0 Å². The predicted molar refractivity (Wildman–Crippen MR) is 181 cm³/mol. The number of rotatable bonds is 11. The number of likely N-dealkylation sites (N-methyl/N-ethyl adjacent to an activating group) is 1. The molecule has 0 aromatic heterocycles. The van der Waals surface area contributed by atoms with Crippen molar-refractivity contribution in [2.45, 2.75) is 48.4 Å². The number of hydrogen-bond donors (Lipinski definition) is 3. The van der Waals surface area contributed by atoms with Gasteiger partial charge in [0.1, 0.15) is 6.10 Å². The van der Waals surface area contributed by atoms with Gasteiger partial charge in [-0.2, -0.15) is 0 Å². The van der Waals surface area contributed by atoms with E-state index in [0.717, 1.165) is 5.56 Å². The number of nitrogens with one attached hydrogen (secondary N) is 1. The molecule has 0 saturated carbocycles. The Bertz CT molecular complexity index is 1600. The first-order chi connectivity index (χ1) is 22.2. The monoisotopic (exact) mass is 639 g/mol. The average molecular weight is 640 g/mol. The lowest BCUT2D eigenvalue weighted by Gasteiger charge is -2.38. The standard InChI is InChI=1S/C37H41N3O5S/c1-25-21-40(26(2)24-41)37(44)31-15-10-16-32(38-36(43)34(42)28-11-6-4-7-12-28)35(31)45-33(25)23-39(3)22-27-17-19-30(20-18-27)46-29-13-8-5-9-14-29/h4-20,25-26,33-34,41-42H,21-24H2,1-3H3,(H,38,43)/t25-,26+,33-,34?/m1/s1. The van der Waals surface area contributed by atoms with E-state index in [1.54, 1.807) is 59.1 Å². The molecule has 240 valence electrons. The van der Waals surface area contributed by atoms with E-state index in [-0.39, 0.29) is 30.3 Å². The molecular weight excluding hydrogens is 598 g/mol. The topological polar surface area (TPSA) is 102 Å². The molecular formula is C37H41N3O5S. The molecule has 0 aliphatic carbocycles. The number of nitrogens with zero attached hydrogens (tertiary/aromatic N) is 2. The normalized spacial score (nSPS) is 17.8. The number of para-hydroxylation sites is 1. The summed E-state index contributed by atoms with van der Waals surface area (Å²) in [7, 11) is 2.03. The van der Waals surface area contributed by atoms with Crippen molar-refractivity contribution in [3.63, 3.8) is 0 Å². The Morgan fingerprint density at radius 1 is 0.978 bits per heavy atom. The van der Waals surface area contributed by atoms with Crippen LogP contribution in [0.3, 0.4) is 0 Å². The van der Waals surface area contributed by atoms with Crippen LogP contribution in [0.4, 0.5) is 5.69 Å². The van der Waals surface area contributed by atoms with Gasteiger partial charge in [-0.05, 0) is 61.5 Å². The molecule has 46 heavy (non-hydrogen) atoms. The lowest BCUT2D eigenvalue weighted by molar-refractivity contribution is -0.124. The molecule has 0 radical (unpaired) electrons. The van der Waals surface area contributed by atoms with Crippen molar-refractivity contribution < 1.29 is 24.5 Å². The van der Waals surface area contributed by atoms with Crippen LogP contribution in [0.15, 0.2) is 113 Å². The van der Waals surface area contributed by atoms with Gasteiger partial charge in [-0.15, -0.1) is 0 Å². The van der Waals surface area contributed by atoms with Crippen molar-refractivity contribution in [1.82, 2.24) is 9.80 Å². The summed E-state index contributed by atoms with van der Waals surface area (Å²) in [5, 5.41) is 23.5. The number of fused-ring (bicyclic) bond motifs is 1. The van der Waals surface area contributed by atoms with Gasteiger partial charge in [0.05, 0.1) is 23.9 Å². The zero-order valence-electron chi connectivity index (χ0n) is 26.4. The molecule has 0 spiro atoms. The molecule has 0 fully saturated rings. The Balaban J connectivity index is 1.36. The summed E-state index contributed by atoms with van der Waals surface area (Å²) in [6.45, 7) is 5.29. The number of aliphatic hydroxyl groups is 2. The van der Waals surface area contributed by atoms with E-state index in [9.17, 15) is 19.8 Å². The van der Waals surface area contributed by atoms with Crippen LogP contribution < -0.4 is 10.1 Å². The molecule has 0 bridgehead atoms. The van der Waals surface area contributed by atoms with Crippen LogP contribution in [0.5, 0.6) is 5.75 Å². The van der Waals surface area contributed by atoms with E-state index in [1.165, 1.54) is 9.79 Å². The number of carbonyl (C=O) groups excluding carboxylic acids is 2. The van der Waals surface area contributed by atoms with Crippen LogP contribution >= 0.6 is 11.8 Å². The molecule has 8 nitrogen and oxygen atoms in total. The van der Waals surface area contributed by atoms with Gasteiger partial charge in [-0.1, -0.05) is 85.4 Å². The molecule has 5 rings (SSSR count). The number of carbonyl (C=O) groups is 2. The highest BCUT2D eigenvalue weighted by atomic mass is 32.2. The molecule has 1 aliphatic rings. The summed E-state index contributed by atoms with van der Waals surface area (Å²) in [5.41, 5.74) is 2.21. The van der Waals surface area contributed by atoms with E-state index >= 15 is 0 Å². The minimum absolute atomic E-state index is 0.100. The Morgan fingerprint density at radius 3 is 2.30 bits per heavy atom. The zero-order valence-corrected chi connectivity index (χ0v) is 27.2. The number of ether oxygens (including phenoxy) is 1. The van der Waals surface area contributed by atoms with E-state index in [1.807, 2.05) is 45.2 Å². The highest BCUT2D eigenvalue weighted by molar-refractivity contribution is 7.99. The SMILES string of the molecule is C[C@@H]1CN([C@@H](C)CO)C(=O)c2cccc(NC(=O)C(O)c3ccccc3)c2O[C@@H]1CN(C)Cc1ccc(Sc2ccccc2)cc1. The van der Waals surface area contributed by atoms with E-state index in [4.69, 9.17) is 4.74 Å². The van der Waals surface area contributed by atoms with Crippen molar-refractivity contribution in [3.05, 3.63) is 120 Å². The Labute approximate surface area is 275 Å². The van der Waals surface area contributed by atoms with Gasteiger partial charge in [-0.3, -0.25) is 14.5 Å². The van der Waals surface area contributed by atoms with Gasteiger partial charge >= 0.3 is 0 Å². The fourth-order valence-corrected chi connectivity index (χ4v) is 6.36. The van der Waals surface area contributed by atoms with Crippen LogP contribution in [0.1, 0.15) is 41.4 Å². The number of anilines is 1. The first-order valence-corrected chi connectivity index (χ1v) is 16.3. The first kappa shape index (κ1) is 33.2. The van der Waals surface area contributed by atoms with Gasteiger partial charge < -0.3 is 25.2 Å². The molecule has 2 amide bonds. The van der Waals surface area contributed by atoms with Crippen molar-refractivity contribution in [2.75, 3.05) is 32.1 Å². The fourth-order valence-electron chi connectivity index (χ4n) is 5.52. The van der Waals surface area contributed by atoms with E-state index in [0.29, 0.717) is 36.4 Å². The summed E-state index contributed by atoms with van der Waals surface area (Å²) in [6, 6.07) is 32.1. The third-order valence-electron chi connectivity index (χ3n) is 8.16. The number of benzene rings is 4. The second-order valence-corrected chi connectivity index (χ2v) is 13.0. The molecule has 0 saturated heterocycles. The van der Waals surface area contributed by atoms with Crippen LogP contribution in [0, 0.1) is 5.92 Å². The number of aliphatic hydroxyl groups excluding tert-OH is 2. The van der Waals surface area contributed by atoms with Crippen molar-refractivity contribution in [1.29, 1.82) is 0 Å². The highest BCUT2D eigenvalue weighted by Crippen LogP contribution is 2.36. The Hall–Kier alpha value is -4.15. The molecule has 1 aliphatic heterocycles. The molecule has 1 unspecified atom stereocenters. The van der Waals surface area contributed by atoms with Crippen molar-refractivity contribution in [3.8, 4) is 5.75 Å². The molecule has 9 heteroatoms. The quantitative estimate of drug-likeness (QED) is 0.189. The number of hydrogen-bond acceptors (Lipinski definition) is 7. The predicted octanol–water partition coefficient (Wildman–Crippen LogP) is 5.86. The number of amides is 2. The third-order valence-corrected chi connectivity index (χ3v) is 9.17. The maximum Gasteiger partial charge on any atom is 0.258 e. The van der Waals surface area contributed by atoms with Gasteiger partial charge in [-0.25, -0.2) is 0 Å². The summed E-state index contributed by atoms with van der Waals surface area (Å²) >= 11 is 1.72. The zero-order chi connectivity index (χ0) is 32.6. The molecule has 4 aromatic carbocycles. The lowest BCUT2D eigenvalue weighted by Crippen LogP contribution is -2.49. The minimum Gasteiger partial charge on any atom is -0.486 e. The lowest BCUT2D eigenvalue weighted by atomic mass is 9.98. The van der Waals surface area contributed by atoms with Crippen LogP contribution in [-0.4, -0.2) is 70.7 Å². The molecule has 4 aromatic rings. The molecule has 4 atom stereocenters. The van der Waals surface area contributed by atoms with E-state index < -0.39 is 18.1 Å². The minimum atomic E-state index is -1.40. The fraction of sp³-hybridized carbons (Fsp3) is 0.297. The van der Waals surface area contributed by atoms with Gasteiger partial charge in [0.15, 0.2) is 11.9 Å². The second kappa shape index (κ2) is 15.4. The first-order valence-electron chi connectivity index (χ1n) is 15.5. The summed E-state index contributed by atoms with van der Waals surface area (Å²) in [5.74, 6) is -0.766. The van der Waals surface area contributed by atoms with Crippen molar-refractivity contribution in [2.24, 2.45) is 5.92 Å². The second-order valence-electron chi connectivity index (χ2n) is 11.9. The maximum atomic E-state index is 13.8. The third kappa shape index (κ3) is 8.16. The van der Waals surface area contributed by atoms with Crippen LogP contribution in [0.2, 0.25) is 0 Å². The van der Waals surface area contributed by atoms with E-state index in [2.05, 4.69) is 46.6 Å². The molecule has 3 N–H and O–H groups in total. The average Bonchev–Trinajstić information content (AvgIpc) is 3.07. The highest BCUT2D eigenvalue weighted by Gasteiger charge is 2.35. The van der Waals surface area contributed by atoms with Gasteiger partial charge in [0.2, 0.25) is 0 Å². The van der Waals surface area contributed by atoms with Crippen molar-refractivity contribution >= 4 is 29.3 Å². The summed E-state index contributed by atoms with van der Waals surface area (Å²) in [4.78, 5) is 33.2. The van der Waals surface area contributed by atoms with Crippen LogP contribution in [-0.2, 0) is 11.3 Å². The Kier molecular flexibility index (Phi) is 11.1.